The van der Waals surface area contributed by atoms with E-state index >= 15 is 0 Å². The normalized spacial score (nSPS) is 11.9. The number of carbonyl (C=O) groups excluding carboxylic acids is 1. The van der Waals surface area contributed by atoms with E-state index in [9.17, 15) is 14.0 Å². The molecule has 0 heterocycles. The highest BCUT2D eigenvalue weighted by Crippen LogP contribution is 2.09. The van der Waals surface area contributed by atoms with Crippen LogP contribution in [0.4, 0.5) is 10.1 Å². The van der Waals surface area contributed by atoms with Gasteiger partial charge in [-0.05, 0) is 49.6 Å². The number of anilines is 1. The van der Waals surface area contributed by atoms with Crippen LogP contribution in [0.5, 0.6) is 0 Å². The molecule has 0 aliphatic heterocycles. The summed E-state index contributed by atoms with van der Waals surface area (Å²) in [6.45, 7) is 2.81. The molecule has 1 atom stereocenters. The average molecular weight is 296 g/mol. The topological polar surface area (TPSA) is 78.4 Å². The van der Waals surface area contributed by atoms with Crippen molar-refractivity contribution in [3.05, 3.63) is 30.1 Å². The van der Waals surface area contributed by atoms with Gasteiger partial charge in [0, 0.05) is 12.1 Å². The van der Waals surface area contributed by atoms with Crippen molar-refractivity contribution >= 4 is 17.6 Å². The molecule has 0 saturated heterocycles. The van der Waals surface area contributed by atoms with E-state index < -0.39 is 5.97 Å². The lowest BCUT2D eigenvalue weighted by atomic mass is 10.0. The van der Waals surface area contributed by atoms with Crippen LogP contribution in [0.25, 0.3) is 0 Å². The molecular weight excluding hydrogens is 275 g/mol. The lowest BCUT2D eigenvalue weighted by molar-refractivity contribution is -0.137. The quantitative estimate of drug-likeness (QED) is 0.611. The Hall–Kier alpha value is -1.95. The molecule has 6 heteroatoms. The minimum atomic E-state index is -0.784. The fourth-order valence-corrected chi connectivity index (χ4v) is 1.80. The number of carboxylic acid groups (broad SMARTS) is 1. The summed E-state index contributed by atoms with van der Waals surface area (Å²) in [4.78, 5) is 22.0. The van der Waals surface area contributed by atoms with Gasteiger partial charge in [0.05, 0.1) is 6.54 Å². The Morgan fingerprint density at radius 1 is 1.24 bits per heavy atom. The van der Waals surface area contributed by atoms with Crippen LogP contribution >= 0.6 is 0 Å². The largest absolute Gasteiger partial charge is 0.481 e. The summed E-state index contributed by atoms with van der Waals surface area (Å²) in [6, 6.07) is 5.57. The standard InChI is InChI=1S/C15H21FN2O3/c1-11(2-7-15(20)21)8-9-17-10-14(19)18-13-5-3-12(16)4-6-13/h3-6,11,17H,2,7-10H2,1H3,(H,18,19)(H,20,21). The first-order valence-electron chi connectivity index (χ1n) is 6.95. The molecule has 0 fully saturated rings. The van der Waals surface area contributed by atoms with Crippen LogP contribution in [-0.2, 0) is 9.59 Å². The maximum atomic E-state index is 12.7. The van der Waals surface area contributed by atoms with Crippen molar-refractivity contribution in [2.75, 3.05) is 18.4 Å². The average Bonchev–Trinajstić information content (AvgIpc) is 2.44. The minimum absolute atomic E-state index is 0.170. The first-order chi connectivity index (χ1) is 9.97. The van der Waals surface area contributed by atoms with Gasteiger partial charge in [0.1, 0.15) is 5.82 Å². The molecule has 0 spiro atoms. The molecule has 1 aromatic carbocycles. The van der Waals surface area contributed by atoms with Crippen LogP contribution in [-0.4, -0.2) is 30.1 Å². The molecule has 1 aromatic rings. The monoisotopic (exact) mass is 296 g/mol. The first-order valence-corrected chi connectivity index (χ1v) is 6.95. The molecule has 5 nitrogen and oxygen atoms in total. The summed E-state index contributed by atoms with van der Waals surface area (Å²) in [5.74, 6) is -1.02. The third kappa shape index (κ3) is 8.04. The number of aliphatic carboxylic acids is 1. The van der Waals surface area contributed by atoms with Crippen LogP contribution in [0.2, 0.25) is 0 Å². The third-order valence-electron chi connectivity index (χ3n) is 3.08. The number of rotatable bonds is 9. The lowest BCUT2D eigenvalue weighted by Gasteiger charge is -2.11. The Bertz CT molecular complexity index is 462. The van der Waals surface area contributed by atoms with Gasteiger partial charge in [0.2, 0.25) is 5.91 Å². The summed E-state index contributed by atoms with van der Waals surface area (Å²) >= 11 is 0. The summed E-state index contributed by atoms with van der Waals surface area (Å²) in [5, 5.41) is 14.2. The number of hydrogen-bond donors (Lipinski definition) is 3. The van der Waals surface area contributed by atoms with Gasteiger partial charge in [0.25, 0.3) is 0 Å². The van der Waals surface area contributed by atoms with Crippen molar-refractivity contribution < 1.29 is 19.1 Å². The van der Waals surface area contributed by atoms with Crippen LogP contribution in [0.15, 0.2) is 24.3 Å². The van der Waals surface area contributed by atoms with Crippen molar-refractivity contribution in [3.8, 4) is 0 Å². The Balaban J connectivity index is 2.13. The number of amides is 1. The van der Waals surface area contributed by atoms with E-state index in [4.69, 9.17) is 5.11 Å². The Morgan fingerprint density at radius 3 is 2.52 bits per heavy atom. The van der Waals surface area contributed by atoms with E-state index in [1.807, 2.05) is 6.92 Å². The number of carbonyl (C=O) groups is 2. The van der Waals surface area contributed by atoms with Crippen molar-refractivity contribution in [3.63, 3.8) is 0 Å². The van der Waals surface area contributed by atoms with Crippen LogP contribution < -0.4 is 10.6 Å². The van der Waals surface area contributed by atoms with E-state index in [0.717, 1.165) is 6.42 Å². The second-order valence-corrected chi connectivity index (χ2v) is 5.06. The second-order valence-electron chi connectivity index (χ2n) is 5.06. The smallest absolute Gasteiger partial charge is 0.303 e. The predicted molar refractivity (Wildman–Crippen MR) is 78.6 cm³/mol. The fraction of sp³-hybridized carbons (Fsp3) is 0.467. The zero-order valence-corrected chi connectivity index (χ0v) is 12.1. The van der Waals surface area contributed by atoms with E-state index in [-0.39, 0.29) is 24.7 Å². The number of halogens is 1. The van der Waals surface area contributed by atoms with Crippen molar-refractivity contribution in [1.29, 1.82) is 0 Å². The molecule has 0 saturated carbocycles. The molecule has 1 rings (SSSR count). The lowest BCUT2D eigenvalue weighted by Crippen LogP contribution is -2.29. The fourth-order valence-electron chi connectivity index (χ4n) is 1.80. The highest BCUT2D eigenvalue weighted by atomic mass is 19.1. The maximum absolute atomic E-state index is 12.7. The van der Waals surface area contributed by atoms with Gasteiger partial charge in [-0.25, -0.2) is 4.39 Å². The molecule has 1 unspecified atom stereocenters. The highest BCUT2D eigenvalue weighted by Gasteiger charge is 2.06. The number of hydrogen-bond acceptors (Lipinski definition) is 3. The molecule has 0 aliphatic rings. The van der Waals surface area contributed by atoms with Crippen LogP contribution in [0.1, 0.15) is 26.2 Å². The molecule has 0 bridgehead atoms. The molecule has 0 aliphatic carbocycles. The van der Waals surface area contributed by atoms with Gasteiger partial charge in [-0.3, -0.25) is 9.59 Å². The molecule has 21 heavy (non-hydrogen) atoms. The predicted octanol–water partition coefficient (Wildman–Crippen LogP) is 2.24. The van der Waals surface area contributed by atoms with E-state index in [2.05, 4.69) is 10.6 Å². The van der Waals surface area contributed by atoms with Gasteiger partial charge < -0.3 is 15.7 Å². The Kier molecular flexibility index (Phi) is 7.39. The van der Waals surface area contributed by atoms with Gasteiger partial charge in [-0.2, -0.15) is 0 Å². The Labute approximate surface area is 123 Å². The van der Waals surface area contributed by atoms with Crippen LogP contribution in [0.3, 0.4) is 0 Å². The molecule has 0 radical (unpaired) electrons. The van der Waals surface area contributed by atoms with E-state index in [1.54, 1.807) is 0 Å². The van der Waals surface area contributed by atoms with Crippen molar-refractivity contribution in [2.24, 2.45) is 5.92 Å². The third-order valence-corrected chi connectivity index (χ3v) is 3.08. The van der Waals surface area contributed by atoms with Gasteiger partial charge in [-0.15, -0.1) is 0 Å². The SMILES string of the molecule is CC(CCNCC(=O)Nc1ccc(F)cc1)CCC(=O)O. The summed E-state index contributed by atoms with van der Waals surface area (Å²) in [6.07, 6.45) is 1.63. The zero-order chi connectivity index (χ0) is 15.7. The number of carboxylic acids is 1. The minimum Gasteiger partial charge on any atom is -0.481 e. The molecule has 1 amide bonds. The zero-order valence-electron chi connectivity index (χ0n) is 12.1. The Morgan fingerprint density at radius 2 is 1.90 bits per heavy atom. The van der Waals surface area contributed by atoms with Crippen LogP contribution in [0, 0.1) is 11.7 Å². The first kappa shape index (κ1) is 17.1. The summed E-state index contributed by atoms with van der Waals surface area (Å²) in [7, 11) is 0. The number of nitrogens with one attached hydrogen (secondary N) is 2. The summed E-state index contributed by atoms with van der Waals surface area (Å²) in [5.41, 5.74) is 0.554. The maximum Gasteiger partial charge on any atom is 0.303 e. The second kappa shape index (κ2) is 9.07. The van der Waals surface area contributed by atoms with Gasteiger partial charge in [0.15, 0.2) is 0 Å². The highest BCUT2D eigenvalue weighted by molar-refractivity contribution is 5.92. The number of benzene rings is 1. The van der Waals surface area contributed by atoms with E-state index in [1.165, 1.54) is 24.3 Å². The summed E-state index contributed by atoms with van der Waals surface area (Å²) < 4.78 is 12.7. The van der Waals surface area contributed by atoms with Crippen molar-refractivity contribution in [2.45, 2.75) is 26.2 Å². The van der Waals surface area contributed by atoms with Crippen molar-refractivity contribution in [1.82, 2.24) is 5.32 Å². The van der Waals surface area contributed by atoms with E-state index in [0.29, 0.717) is 24.6 Å². The molecule has 0 aromatic heterocycles. The van der Waals surface area contributed by atoms with Gasteiger partial charge >= 0.3 is 5.97 Å². The molecular formula is C15H21FN2O3. The molecule has 3 N–H and O–H groups in total. The van der Waals surface area contributed by atoms with Gasteiger partial charge in [-0.1, -0.05) is 6.92 Å². The molecule has 116 valence electrons.